The number of anilines is 3. The maximum absolute atomic E-state index is 12.8. The van der Waals surface area contributed by atoms with Crippen molar-refractivity contribution in [1.82, 2.24) is 4.90 Å². The Labute approximate surface area is 156 Å². The van der Waals surface area contributed by atoms with Crippen LogP contribution in [0.1, 0.15) is 19.8 Å². The van der Waals surface area contributed by atoms with E-state index in [4.69, 9.17) is 0 Å². The summed E-state index contributed by atoms with van der Waals surface area (Å²) in [5, 5.41) is 0. The zero-order valence-corrected chi connectivity index (χ0v) is 15.5. The van der Waals surface area contributed by atoms with Gasteiger partial charge in [-0.3, -0.25) is 4.79 Å². The Morgan fingerprint density at radius 3 is 2.27 bits per heavy atom. The highest BCUT2D eigenvalue weighted by molar-refractivity contribution is 5.86. The molecule has 0 bridgehead atoms. The van der Waals surface area contributed by atoms with Crippen LogP contribution in [0.5, 0.6) is 0 Å². The van der Waals surface area contributed by atoms with E-state index in [-0.39, 0.29) is 5.91 Å². The van der Waals surface area contributed by atoms with E-state index in [1.807, 2.05) is 11.0 Å². The average Bonchev–Trinajstić information content (AvgIpc) is 2.69. The number of hydrogen-bond donors (Lipinski definition) is 0. The number of fused-ring (bicyclic) bond motifs is 1. The van der Waals surface area contributed by atoms with Crippen molar-refractivity contribution in [2.45, 2.75) is 19.8 Å². The average molecular weight is 349 g/mol. The summed E-state index contributed by atoms with van der Waals surface area (Å²) in [5.74, 6) is 1.01. The Bertz CT molecular complexity index is 753. The second-order valence-electron chi connectivity index (χ2n) is 7.46. The van der Waals surface area contributed by atoms with Gasteiger partial charge in [0.2, 0.25) is 5.91 Å². The first-order valence-corrected chi connectivity index (χ1v) is 9.67. The van der Waals surface area contributed by atoms with Crippen molar-refractivity contribution in [2.24, 2.45) is 5.92 Å². The smallest absolute Gasteiger partial charge is 0.242 e. The molecule has 4 rings (SSSR count). The zero-order chi connectivity index (χ0) is 17.9. The van der Waals surface area contributed by atoms with Gasteiger partial charge in [0.1, 0.15) is 0 Å². The summed E-state index contributed by atoms with van der Waals surface area (Å²) < 4.78 is 0. The number of hydrogen-bond acceptors (Lipinski definition) is 3. The summed E-state index contributed by atoms with van der Waals surface area (Å²) >= 11 is 0. The molecule has 1 fully saturated rings. The highest BCUT2D eigenvalue weighted by Gasteiger charge is 2.27. The molecule has 136 valence electrons. The Morgan fingerprint density at radius 2 is 1.54 bits per heavy atom. The quantitative estimate of drug-likeness (QED) is 0.841. The Hall–Kier alpha value is -2.49. The van der Waals surface area contributed by atoms with Crippen LogP contribution < -0.4 is 9.80 Å². The molecule has 4 nitrogen and oxygen atoms in total. The van der Waals surface area contributed by atoms with E-state index in [2.05, 4.69) is 65.3 Å². The SMILES string of the molecule is CC1CCN(C(=O)CN2CCN(c3ccccc3)c3ccccc32)CC1. The van der Waals surface area contributed by atoms with E-state index >= 15 is 0 Å². The number of carbonyl (C=O) groups is 1. The molecule has 1 amide bonds. The maximum Gasteiger partial charge on any atom is 0.242 e. The van der Waals surface area contributed by atoms with Crippen LogP contribution in [0.3, 0.4) is 0 Å². The van der Waals surface area contributed by atoms with E-state index in [1.54, 1.807) is 0 Å². The molecular formula is C22H27N3O. The number of piperidine rings is 1. The molecule has 2 aromatic rings. The summed E-state index contributed by atoms with van der Waals surface area (Å²) in [7, 11) is 0. The lowest BCUT2D eigenvalue weighted by atomic mass is 9.99. The van der Waals surface area contributed by atoms with E-state index in [9.17, 15) is 4.79 Å². The van der Waals surface area contributed by atoms with Crippen LogP contribution in [0.2, 0.25) is 0 Å². The van der Waals surface area contributed by atoms with E-state index in [1.165, 1.54) is 11.4 Å². The molecule has 0 N–H and O–H groups in total. The number of carbonyl (C=O) groups excluding carboxylic acids is 1. The van der Waals surface area contributed by atoms with Crippen LogP contribution in [-0.2, 0) is 4.79 Å². The predicted molar refractivity (Wildman–Crippen MR) is 107 cm³/mol. The molecule has 26 heavy (non-hydrogen) atoms. The number of nitrogens with zero attached hydrogens (tertiary/aromatic N) is 3. The Balaban J connectivity index is 1.52. The second-order valence-corrected chi connectivity index (χ2v) is 7.46. The molecule has 0 aromatic heterocycles. The third-order valence-corrected chi connectivity index (χ3v) is 5.64. The number of para-hydroxylation sites is 3. The lowest BCUT2D eigenvalue weighted by Crippen LogP contribution is -2.47. The molecule has 2 aliphatic rings. The maximum atomic E-state index is 12.8. The van der Waals surface area contributed by atoms with Gasteiger partial charge in [0, 0.05) is 31.9 Å². The number of benzene rings is 2. The lowest BCUT2D eigenvalue weighted by molar-refractivity contribution is -0.131. The molecule has 1 saturated heterocycles. The highest BCUT2D eigenvalue weighted by Crippen LogP contribution is 2.37. The van der Waals surface area contributed by atoms with Crippen molar-refractivity contribution < 1.29 is 4.79 Å². The van der Waals surface area contributed by atoms with Gasteiger partial charge in [-0.1, -0.05) is 37.3 Å². The minimum absolute atomic E-state index is 0.264. The standard InChI is InChI=1S/C22H27N3O/c1-18-11-13-23(14-12-18)22(26)17-24-15-16-25(19-7-3-2-4-8-19)21-10-6-5-9-20(21)24/h2-10,18H,11-17H2,1H3. The van der Waals surface area contributed by atoms with Crippen LogP contribution in [0.4, 0.5) is 17.1 Å². The molecule has 4 heteroatoms. The first kappa shape index (κ1) is 17.0. The van der Waals surface area contributed by atoms with Crippen LogP contribution >= 0.6 is 0 Å². The van der Waals surface area contributed by atoms with Crippen LogP contribution in [0.15, 0.2) is 54.6 Å². The molecule has 2 aliphatic heterocycles. The van der Waals surface area contributed by atoms with Crippen molar-refractivity contribution in [3.63, 3.8) is 0 Å². The minimum atomic E-state index is 0.264. The largest absolute Gasteiger partial charge is 0.359 e. The van der Waals surface area contributed by atoms with Gasteiger partial charge < -0.3 is 14.7 Å². The van der Waals surface area contributed by atoms with Crippen molar-refractivity contribution in [3.8, 4) is 0 Å². The van der Waals surface area contributed by atoms with Crippen LogP contribution in [0.25, 0.3) is 0 Å². The Morgan fingerprint density at radius 1 is 0.885 bits per heavy atom. The van der Waals surface area contributed by atoms with Crippen LogP contribution in [0, 0.1) is 5.92 Å². The van der Waals surface area contributed by atoms with Gasteiger partial charge in [-0.2, -0.15) is 0 Å². The number of amides is 1. The molecule has 2 aromatic carbocycles. The second kappa shape index (κ2) is 7.40. The number of rotatable bonds is 3. The summed E-state index contributed by atoms with van der Waals surface area (Å²) in [6.45, 7) is 6.33. The zero-order valence-electron chi connectivity index (χ0n) is 15.5. The first-order chi connectivity index (χ1) is 12.7. The molecule has 0 radical (unpaired) electrons. The fraction of sp³-hybridized carbons (Fsp3) is 0.409. The molecule has 0 unspecified atom stereocenters. The molecule has 0 aliphatic carbocycles. The van der Waals surface area contributed by atoms with Gasteiger partial charge >= 0.3 is 0 Å². The van der Waals surface area contributed by atoms with Crippen molar-refractivity contribution in [1.29, 1.82) is 0 Å². The van der Waals surface area contributed by atoms with Crippen molar-refractivity contribution in [2.75, 3.05) is 42.5 Å². The third-order valence-electron chi connectivity index (χ3n) is 5.64. The minimum Gasteiger partial charge on any atom is -0.359 e. The molecule has 0 spiro atoms. The molecular weight excluding hydrogens is 322 g/mol. The molecule has 2 heterocycles. The summed E-state index contributed by atoms with van der Waals surface area (Å²) in [6.07, 6.45) is 2.26. The third kappa shape index (κ3) is 3.41. The predicted octanol–water partition coefficient (Wildman–Crippen LogP) is 3.90. The highest BCUT2D eigenvalue weighted by atomic mass is 16.2. The van der Waals surface area contributed by atoms with Gasteiger partial charge in [-0.05, 0) is 43.0 Å². The van der Waals surface area contributed by atoms with E-state index in [0.29, 0.717) is 6.54 Å². The first-order valence-electron chi connectivity index (χ1n) is 9.67. The summed E-state index contributed by atoms with van der Waals surface area (Å²) in [5.41, 5.74) is 3.54. The monoisotopic (exact) mass is 349 g/mol. The van der Waals surface area contributed by atoms with Gasteiger partial charge in [-0.25, -0.2) is 0 Å². The molecule has 0 atom stereocenters. The van der Waals surface area contributed by atoms with Gasteiger partial charge in [0.25, 0.3) is 0 Å². The topological polar surface area (TPSA) is 26.8 Å². The van der Waals surface area contributed by atoms with Gasteiger partial charge in [0.15, 0.2) is 0 Å². The fourth-order valence-corrected chi connectivity index (χ4v) is 3.98. The normalized spacial score (nSPS) is 18.0. The van der Waals surface area contributed by atoms with Gasteiger partial charge in [-0.15, -0.1) is 0 Å². The van der Waals surface area contributed by atoms with Crippen molar-refractivity contribution >= 4 is 23.0 Å². The summed E-state index contributed by atoms with van der Waals surface area (Å²) in [4.78, 5) is 19.4. The fourth-order valence-electron chi connectivity index (χ4n) is 3.98. The Kier molecular flexibility index (Phi) is 4.83. The van der Waals surface area contributed by atoms with E-state index in [0.717, 1.165) is 50.6 Å². The lowest BCUT2D eigenvalue weighted by Gasteiger charge is -2.40. The van der Waals surface area contributed by atoms with Gasteiger partial charge in [0.05, 0.1) is 17.9 Å². The van der Waals surface area contributed by atoms with Crippen LogP contribution in [-0.4, -0.2) is 43.5 Å². The number of likely N-dealkylation sites (tertiary alicyclic amines) is 1. The molecule has 0 saturated carbocycles. The van der Waals surface area contributed by atoms with E-state index < -0.39 is 0 Å². The summed E-state index contributed by atoms with van der Waals surface area (Å²) in [6, 6.07) is 18.9. The van der Waals surface area contributed by atoms with Crippen molar-refractivity contribution in [3.05, 3.63) is 54.6 Å².